The number of anilines is 2. The van der Waals surface area contributed by atoms with Gasteiger partial charge in [-0.2, -0.15) is 0 Å². The van der Waals surface area contributed by atoms with E-state index in [1.165, 1.54) is 6.33 Å². The van der Waals surface area contributed by atoms with Crippen LogP contribution in [0.1, 0.15) is 19.8 Å². The van der Waals surface area contributed by atoms with Crippen LogP contribution in [0.2, 0.25) is 0 Å². The minimum absolute atomic E-state index is 0.0973. The smallest absolute Gasteiger partial charge is 0.353 e. The highest BCUT2D eigenvalue weighted by Crippen LogP contribution is 2.29. The Labute approximate surface area is 117 Å². The van der Waals surface area contributed by atoms with E-state index in [1.807, 2.05) is 6.92 Å². The SMILES string of the molecule is CCCNc1ncnc(NCC2CCOC2)c1[N+](=O)[O-]. The summed E-state index contributed by atoms with van der Waals surface area (Å²) in [6, 6.07) is 0. The van der Waals surface area contributed by atoms with Gasteiger partial charge in [0.15, 0.2) is 0 Å². The Morgan fingerprint density at radius 1 is 1.45 bits per heavy atom. The van der Waals surface area contributed by atoms with Crippen molar-refractivity contribution in [1.29, 1.82) is 0 Å². The molecule has 1 saturated heterocycles. The number of nitrogens with one attached hydrogen (secondary N) is 2. The molecule has 8 nitrogen and oxygen atoms in total. The summed E-state index contributed by atoms with van der Waals surface area (Å²) < 4.78 is 5.28. The van der Waals surface area contributed by atoms with Gasteiger partial charge in [-0.05, 0) is 12.8 Å². The number of hydrogen-bond acceptors (Lipinski definition) is 7. The number of hydrogen-bond donors (Lipinski definition) is 2. The lowest BCUT2D eigenvalue weighted by Gasteiger charge is -2.11. The van der Waals surface area contributed by atoms with E-state index in [0.717, 1.165) is 19.4 Å². The van der Waals surface area contributed by atoms with E-state index in [1.54, 1.807) is 0 Å². The lowest BCUT2D eigenvalue weighted by molar-refractivity contribution is -0.383. The Bertz CT molecular complexity index is 462. The molecule has 110 valence electrons. The molecule has 1 fully saturated rings. The number of rotatable bonds is 7. The zero-order valence-electron chi connectivity index (χ0n) is 11.5. The van der Waals surface area contributed by atoms with Gasteiger partial charge in [-0.1, -0.05) is 6.92 Å². The van der Waals surface area contributed by atoms with E-state index >= 15 is 0 Å². The van der Waals surface area contributed by atoms with E-state index in [-0.39, 0.29) is 17.3 Å². The summed E-state index contributed by atoms with van der Waals surface area (Å²) in [7, 11) is 0. The molecule has 0 amide bonds. The summed E-state index contributed by atoms with van der Waals surface area (Å²) in [5.74, 6) is 0.893. The predicted octanol–water partition coefficient (Wildman–Crippen LogP) is 1.66. The van der Waals surface area contributed by atoms with Crippen LogP contribution in [-0.4, -0.2) is 41.2 Å². The Hall–Kier alpha value is -1.96. The van der Waals surface area contributed by atoms with Crippen LogP contribution in [0.4, 0.5) is 17.3 Å². The van der Waals surface area contributed by atoms with Gasteiger partial charge in [-0.15, -0.1) is 0 Å². The minimum atomic E-state index is -0.453. The molecule has 2 heterocycles. The highest BCUT2D eigenvalue weighted by atomic mass is 16.6. The average Bonchev–Trinajstić information content (AvgIpc) is 2.95. The van der Waals surface area contributed by atoms with E-state index in [0.29, 0.717) is 25.6 Å². The second kappa shape index (κ2) is 6.99. The fourth-order valence-corrected chi connectivity index (χ4v) is 2.04. The van der Waals surface area contributed by atoms with Crippen LogP contribution in [0.5, 0.6) is 0 Å². The van der Waals surface area contributed by atoms with Crippen molar-refractivity contribution >= 4 is 17.3 Å². The molecule has 1 atom stereocenters. The largest absolute Gasteiger partial charge is 0.381 e. The van der Waals surface area contributed by atoms with Gasteiger partial charge < -0.3 is 15.4 Å². The maximum atomic E-state index is 11.2. The normalized spacial score (nSPS) is 17.9. The summed E-state index contributed by atoms with van der Waals surface area (Å²) in [6.07, 6.45) is 3.16. The maximum Gasteiger partial charge on any atom is 0.353 e. The predicted molar refractivity (Wildman–Crippen MR) is 74.9 cm³/mol. The Morgan fingerprint density at radius 2 is 2.20 bits per heavy atom. The molecule has 2 rings (SSSR count). The molecule has 0 aliphatic carbocycles. The fraction of sp³-hybridized carbons (Fsp3) is 0.667. The van der Waals surface area contributed by atoms with Gasteiger partial charge in [0, 0.05) is 25.6 Å². The Balaban J connectivity index is 2.11. The minimum Gasteiger partial charge on any atom is -0.381 e. The van der Waals surface area contributed by atoms with E-state index in [4.69, 9.17) is 4.74 Å². The highest BCUT2D eigenvalue weighted by Gasteiger charge is 2.24. The molecule has 0 spiro atoms. The topological polar surface area (TPSA) is 102 Å². The van der Waals surface area contributed by atoms with Gasteiger partial charge in [-0.25, -0.2) is 9.97 Å². The van der Waals surface area contributed by atoms with Crippen molar-refractivity contribution in [3.63, 3.8) is 0 Å². The lowest BCUT2D eigenvalue weighted by Crippen LogP contribution is -2.17. The molecule has 20 heavy (non-hydrogen) atoms. The van der Waals surface area contributed by atoms with Crippen molar-refractivity contribution in [2.24, 2.45) is 5.92 Å². The van der Waals surface area contributed by atoms with Crippen molar-refractivity contribution in [1.82, 2.24) is 9.97 Å². The van der Waals surface area contributed by atoms with Crippen LogP contribution in [0.3, 0.4) is 0 Å². The van der Waals surface area contributed by atoms with E-state index in [9.17, 15) is 10.1 Å². The van der Waals surface area contributed by atoms with Crippen molar-refractivity contribution in [2.75, 3.05) is 36.9 Å². The molecule has 2 N–H and O–H groups in total. The Kier molecular flexibility index (Phi) is 5.05. The van der Waals surface area contributed by atoms with E-state index in [2.05, 4.69) is 20.6 Å². The first-order valence-corrected chi connectivity index (χ1v) is 6.77. The first-order valence-electron chi connectivity index (χ1n) is 6.77. The fourth-order valence-electron chi connectivity index (χ4n) is 2.04. The highest BCUT2D eigenvalue weighted by molar-refractivity contribution is 5.69. The Morgan fingerprint density at radius 3 is 2.80 bits per heavy atom. The quantitative estimate of drug-likeness (QED) is 0.578. The van der Waals surface area contributed by atoms with Gasteiger partial charge >= 0.3 is 5.69 Å². The molecule has 1 aromatic heterocycles. The van der Waals surface area contributed by atoms with Crippen molar-refractivity contribution in [2.45, 2.75) is 19.8 Å². The molecule has 0 aromatic carbocycles. The lowest BCUT2D eigenvalue weighted by atomic mass is 10.1. The number of ether oxygens (including phenoxy) is 1. The van der Waals surface area contributed by atoms with Gasteiger partial charge in [0.05, 0.1) is 11.5 Å². The summed E-state index contributed by atoms with van der Waals surface area (Å²) in [6.45, 7) is 4.67. The molecule has 1 aliphatic rings. The van der Waals surface area contributed by atoms with Crippen LogP contribution in [0.15, 0.2) is 6.33 Å². The van der Waals surface area contributed by atoms with Crippen molar-refractivity contribution in [3.05, 3.63) is 16.4 Å². The third-order valence-electron chi connectivity index (χ3n) is 3.13. The first kappa shape index (κ1) is 14.4. The van der Waals surface area contributed by atoms with Crippen molar-refractivity contribution < 1.29 is 9.66 Å². The van der Waals surface area contributed by atoms with Crippen LogP contribution < -0.4 is 10.6 Å². The number of nitrogens with zero attached hydrogens (tertiary/aromatic N) is 3. The molecule has 0 radical (unpaired) electrons. The molecule has 1 aromatic rings. The number of nitro groups is 1. The molecule has 0 bridgehead atoms. The van der Waals surface area contributed by atoms with Gasteiger partial charge in [0.2, 0.25) is 11.6 Å². The summed E-state index contributed by atoms with van der Waals surface area (Å²) in [5.41, 5.74) is -0.0973. The zero-order chi connectivity index (χ0) is 14.4. The molecule has 1 unspecified atom stereocenters. The second-order valence-electron chi connectivity index (χ2n) is 4.71. The summed E-state index contributed by atoms with van der Waals surface area (Å²) in [4.78, 5) is 18.7. The summed E-state index contributed by atoms with van der Waals surface area (Å²) in [5, 5.41) is 17.2. The van der Waals surface area contributed by atoms with Gasteiger partial charge in [-0.3, -0.25) is 10.1 Å². The molecule has 8 heteroatoms. The third kappa shape index (κ3) is 3.53. The maximum absolute atomic E-state index is 11.2. The van der Waals surface area contributed by atoms with Gasteiger partial charge in [0.25, 0.3) is 0 Å². The summed E-state index contributed by atoms with van der Waals surface area (Å²) >= 11 is 0. The van der Waals surface area contributed by atoms with Gasteiger partial charge in [0.1, 0.15) is 6.33 Å². The van der Waals surface area contributed by atoms with Crippen molar-refractivity contribution in [3.8, 4) is 0 Å². The number of aromatic nitrogens is 2. The van der Waals surface area contributed by atoms with Crippen LogP contribution in [0.25, 0.3) is 0 Å². The molecular weight excluding hydrogens is 262 g/mol. The molecule has 0 saturated carbocycles. The average molecular weight is 281 g/mol. The third-order valence-corrected chi connectivity index (χ3v) is 3.13. The second-order valence-corrected chi connectivity index (χ2v) is 4.71. The van der Waals surface area contributed by atoms with E-state index < -0.39 is 4.92 Å². The van der Waals surface area contributed by atoms with Crippen LogP contribution in [-0.2, 0) is 4.74 Å². The monoisotopic (exact) mass is 281 g/mol. The van der Waals surface area contributed by atoms with Crippen LogP contribution >= 0.6 is 0 Å². The first-order chi connectivity index (χ1) is 9.72. The standard InChI is InChI=1S/C12H19N5O3/c1-2-4-13-11-10(17(18)19)12(16-8-15-11)14-6-9-3-5-20-7-9/h8-9H,2-7H2,1H3,(H2,13,14,15,16). The zero-order valence-corrected chi connectivity index (χ0v) is 11.5. The molecular formula is C12H19N5O3. The molecule has 1 aliphatic heterocycles. The van der Waals surface area contributed by atoms with Crippen LogP contribution in [0, 0.1) is 16.0 Å².